The summed E-state index contributed by atoms with van der Waals surface area (Å²) < 4.78 is 41.5. The average molecular weight is 634 g/mol. The number of nitrogens with one attached hydrogen (secondary N) is 3. The van der Waals surface area contributed by atoms with Gasteiger partial charge in [-0.1, -0.05) is 30.3 Å². The molecule has 0 radical (unpaired) electrons. The van der Waals surface area contributed by atoms with Gasteiger partial charge in [-0.05, 0) is 42.3 Å². The van der Waals surface area contributed by atoms with Gasteiger partial charge in [-0.3, -0.25) is 14.4 Å². The van der Waals surface area contributed by atoms with Crippen molar-refractivity contribution in [1.82, 2.24) is 25.5 Å². The standard InChI is InChI=1S/C32H29F2N5O5S/c1-18(25-8-9-26(45-25)28-35-10-11-36-28)38-30(42)24-15-31(43-12-13-44-31)17-39(24)27(40)16-37-29(41)19-6-7-23-21(14-19)20-4-2-3-5-22(20)32(23,33)34/h2-11,14,18,24H,12-13,15-17H2,1H3,(H,35,36)(H,37,41)(H,38,42)/t18-,24+/m1/s1. The number of aromatic amines is 1. The summed E-state index contributed by atoms with van der Waals surface area (Å²) in [6.07, 6.45) is 3.55. The van der Waals surface area contributed by atoms with Crippen LogP contribution in [0.4, 0.5) is 8.78 Å². The lowest BCUT2D eigenvalue weighted by atomic mass is 10.0. The van der Waals surface area contributed by atoms with Crippen molar-refractivity contribution in [3.05, 3.63) is 88.6 Å². The van der Waals surface area contributed by atoms with Crippen LogP contribution in [0.1, 0.15) is 45.7 Å². The zero-order valence-electron chi connectivity index (χ0n) is 24.1. The highest BCUT2D eigenvalue weighted by molar-refractivity contribution is 7.15. The van der Waals surface area contributed by atoms with Gasteiger partial charge in [0.2, 0.25) is 11.8 Å². The van der Waals surface area contributed by atoms with E-state index in [1.807, 2.05) is 19.1 Å². The molecule has 2 aliphatic heterocycles. The summed E-state index contributed by atoms with van der Waals surface area (Å²) in [6, 6.07) is 12.8. The van der Waals surface area contributed by atoms with Gasteiger partial charge in [0.1, 0.15) is 11.9 Å². The molecule has 0 bridgehead atoms. The van der Waals surface area contributed by atoms with Crippen molar-refractivity contribution < 1.29 is 32.6 Å². The third-order valence-corrected chi connectivity index (χ3v) is 9.72. The maximum absolute atomic E-state index is 14.9. The summed E-state index contributed by atoms with van der Waals surface area (Å²) in [7, 11) is 0. The minimum absolute atomic E-state index is 0.0283. The minimum atomic E-state index is -3.16. The van der Waals surface area contributed by atoms with Crippen LogP contribution in [-0.4, -0.2) is 70.7 Å². The summed E-state index contributed by atoms with van der Waals surface area (Å²) in [4.78, 5) is 50.7. The second kappa shape index (κ2) is 11.2. The van der Waals surface area contributed by atoms with Gasteiger partial charge >= 0.3 is 0 Å². The average Bonchev–Trinajstić information content (AvgIpc) is 3.88. The molecule has 13 heteroatoms. The number of thiophene rings is 1. The van der Waals surface area contributed by atoms with E-state index in [1.165, 1.54) is 40.5 Å². The Labute approximate surface area is 260 Å². The van der Waals surface area contributed by atoms with Crippen molar-refractivity contribution in [2.45, 2.75) is 37.1 Å². The van der Waals surface area contributed by atoms with Crippen molar-refractivity contribution in [2.24, 2.45) is 0 Å². The Hall–Kier alpha value is -4.46. The number of imidazole rings is 1. The van der Waals surface area contributed by atoms with Crippen LogP contribution in [-0.2, 0) is 25.0 Å². The summed E-state index contributed by atoms with van der Waals surface area (Å²) in [5.74, 6) is -4.99. The number of carbonyl (C=O) groups excluding carboxylic acids is 3. The van der Waals surface area contributed by atoms with E-state index in [0.29, 0.717) is 18.8 Å². The summed E-state index contributed by atoms with van der Waals surface area (Å²) >= 11 is 1.49. The summed E-state index contributed by atoms with van der Waals surface area (Å²) in [6.45, 7) is 2.17. The van der Waals surface area contributed by atoms with Gasteiger partial charge in [0.25, 0.3) is 11.8 Å². The quantitative estimate of drug-likeness (QED) is 0.280. The van der Waals surface area contributed by atoms with Crippen molar-refractivity contribution in [2.75, 3.05) is 26.3 Å². The molecule has 1 aliphatic carbocycles. The number of alkyl halides is 2. The number of benzene rings is 2. The van der Waals surface area contributed by atoms with Gasteiger partial charge in [-0.15, -0.1) is 11.3 Å². The smallest absolute Gasteiger partial charge is 0.299 e. The number of H-pyrrole nitrogens is 1. The fourth-order valence-corrected chi connectivity index (χ4v) is 7.18. The minimum Gasteiger partial charge on any atom is -0.347 e. The van der Waals surface area contributed by atoms with Crippen LogP contribution in [0.2, 0.25) is 0 Å². The lowest BCUT2D eigenvalue weighted by molar-refractivity contribution is -0.152. The van der Waals surface area contributed by atoms with E-state index in [9.17, 15) is 23.2 Å². The molecule has 2 atom stereocenters. The number of carbonyl (C=O) groups is 3. The Morgan fingerprint density at radius 2 is 1.87 bits per heavy atom. The van der Waals surface area contributed by atoms with Crippen molar-refractivity contribution in [1.29, 1.82) is 0 Å². The molecule has 0 unspecified atom stereocenters. The second-order valence-corrected chi connectivity index (χ2v) is 12.4. The number of hydrogen-bond donors (Lipinski definition) is 3. The van der Waals surface area contributed by atoms with Crippen LogP contribution in [0.25, 0.3) is 21.8 Å². The molecule has 45 heavy (non-hydrogen) atoms. The van der Waals surface area contributed by atoms with Crippen LogP contribution in [0.3, 0.4) is 0 Å². The number of likely N-dealkylation sites (tertiary alicyclic amines) is 1. The highest BCUT2D eigenvalue weighted by atomic mass is 32.1. The Bertz CT molecular complexity index is 1790. The van der Waals surface area contributed by atoms with E-state index >= 15 is 0 Å². The first-order chi connectivity index (χ1) is 21.6. The first kappa shape index (κ1) is 29.3. The first-order valence-corrected chi connectivity index (χ1v) is 15.3. The first-order valence-electron chi connectivity index (χ1n) is 14.5. The number of fused-ring (bicyclic) bond motifs is 3. The second-order valence-electron chi connectivity index (χ2n) is 11.3. The van der Waals surface area contributed by atoms with Gasteiger partial charge < -0.3 is 30.0 Å². The molecular formula is C32H29F2N5O5S. The van der Waals surface area contributed by atoms with Crippen molar-refractivity contribution >= 4 is 29.1 Å². The zero-order valence-corrected chi connectivity index (χ0v) is 25.0. The third-order valence-electron chi connectivity index (χ3n) is 8.45. The predicted molar refractivity (Wildman–Crippen MR) is 160 cm³/mol. The molecular weight excluding hydrogens is 604 g/mol. The van der Waals surface area contributed by atoms with Crippen LogP contribution >= 0.6 is 11.3 Å². The molecule has 7 rings (SSSR count). The molecule has 1 spiro atoms. The molecule has 3 amide bonds. The van der Waals surface area contributed by atoms with Gasteiger partial charge in [-0.2, -0.15) is 8.78 Å². The van der Waals surface area contributed by atoms with Crippen LogP contribution in [0.5, 0.6) is 0 Å². The Kier molecular flexibility index (Phi) is 7.26. The Morgan fingerprint density at radius 1 is 1.09 bits per heavy atom. The molecule has 232 valence electrons. The maximum Gasteiger partial charge on any atom is 0.299 e. The highest BCUT2D eigenvalue weighted by Crippen LogP contribution is 2.51. The number of aromatic nitrogens is 2. The SMILES string of the molecule is C[C@@H](NC(=O)[C@@H]1CC2(CN1C(=O)CNC(=O)c1ccc3c(c1)-c1ccccc1C3(F)F)OCCO2)c1ccc(-c2ncc[nH]2)s1. The van der Waals surface area contributed by atoms with E-state index in [-0.39, 0.29) is 47.2 Å². The van der Waals surface area contributed by atoms with Gasteiger partial charge in [0.05, 0.1) is 37.2 Å². The number of nitrogens with zero attached hydrogens (tertiary/aromatic N) is 2. The monoisotopic (exact) mass is 633 g/mol. The lowest BCUT2D eigenvalue weighted by Gasteiger charge is -2.25. The largest absolute Gasteiger partial charge is 0.347 e. The molecule has 2 saturated heterocycles. The Balaban J connectivity index is 1.04. The van der Waals surface area contributed by atoms with Gasteiger partial charge in [-0.25, -0.2) is 4.98 Å². The van der Waals surface area contributed by atoms with E-state index in [2.05, 4.69) is 20.6 Å². The predicted octanol–water partition coefficient (Wildman–Crippen LogP) is 4.21. The zero-order chi connectivity index (χ0) is 31.3. The van der Waals surface area contributed by atoms with Gasteiger partial charge in [0.15, 0.2) is 5.79 Å². The molecule has 2 fully saturated rings. The van der Waals surface area contributed by atoms with E-state index < -0.39 is 36.1 Å². The number of halogens is 2. The lowest BCUT2D eigenvalue weighted by Crippen LogP contribution is -2.49. The number of hydrogen-bond acceptors (Lipinski definition) is 7. The Morgan fingerprint density at radius 3 is 2.64 bits per heavy atom. The third kappa shape index (κ3) is 5.20. The normalized spacial score (nSPS) is 19.7. The molecule has 4 heterocycles. The fraction of sp³-hybridized carbons (Fsp3) is 0.312. The topological polar surface area (TPSA) is 126 Å². The van der Waals surface area contributed by atoms with Crippen LogP contribution in [0, 0.1) is 0 Å². The summed E-state index contributed by atoms with van der Waals surface area (Å²) in [5.41, 5.74) is 0.507. The molecule has 3 aliphatic rings. The molecule has 4 aromatic rings. The number of rotatable bonds is 7. The van der Waals surface area contributed by atoms with E-state index in [0.717, 1.165) is 15.6 Å². The van der Waals surface area contributed by atoms with Crippen LogP contribution < -0.4 is 10.6 Å². The van der Waals surface area contributed by atoms with Gasteiger partial charge in [0, 0.05) is 40.4 Å². The van der Waals surface area contributed by atoms with Crippen molar-refractivity contribution in [3.63, 3.8) is 0 Å². The molecule has 10 nitrogen and oxygen atoms in total. The fourth-order valence-electron chi connectivity index (χ4n) is 6.21. The van der Waals surface area contributed by atoms with Crippen molar-refractivity contribution in [3.8, 4) is 21.8 Å². The molecule has 2 aromatic carbocycles. The van der Waals surface area contributed by atoms with E-state index in [1.54, 1.807) is 30.6 Å². The molecule has 2 aromatic heterocycles. The molecule has 3 N–H and O–H groups in total. The maximum atomic E-state index is 14.9. The van der Waals surface area contributed by atoms with E-state index in [4.69, 9.17) is 9.47 Å². The number of amides is 3. The summed E-state index contributed by atoms with van der Waals surface area (Å²) in [5, 5.41) is 5.60. The number of ether oxygens (including phenoxy) is 2. The highest BCUT2D eigenvalue weighted by Gasteiger charge is 2.52. The van der Waals surface area contributed by atoms with Crippen LogP contribution in [0.15, 0.2) is 67.0 Å². The molecule has 0 saturated carbocycles.